The lowest BCUT2D eigenvalue weighted by atomic mass is 9.89. The van der Waals surface area contributed by atoms with Gasteiger partial charge in [-0.15, -0.1) is 0 Å². The van der Waals surface area contributed by atoms with Gasteiger partial charge in [0.25, 0.3) is 0 Å². The molecule has 1 aromatic rings. The zero-order chi connectivity index (χ0) is 15.7. The lowest BCUT2D eigenvalue weighted by molar-refractivity contribution is 0.00578. The molecule has 2 heterocycles. The summed E-state index contributed by atoms with van der Waals surface area (Å²) in [7, 11) is 1.25. The third-order valence-electron chi connectivity index (χ3n) is 4.09. The molecule has 1 saturated heterocycles. The van der Waals surface area contributed by atoms with Gasteiger partial charge in [-0.1, -0.05) is 12.1 Å². The Bertz CT molecular complexity index is 528. The number of nitrogens with zero attached hydrogens (tertiary/aromatic N) is 1. The van der Waals surface area contributed by atoms with Gasteiger partial charge in [-0.3, -0.25) is 4.98 Å². The van der Waals surface area contributed by atoms with Gasteiger partial charge in [0.05, 0.1) is 24.0 Å². The van der Waals surface area contributed by atoms with E-state index in [0.717, 1.165) is 17.0 Å². The predicted octanol–water partition coefficient (Wildman–Crippen LogP) is 2.19. The number of aromatic nitrogens is 1. The molecule has 0 aromatic carbocycles. The number of nitrogens with two attached hydrogens (primary N) is 1. The van der Waals surface area contributed by atoms with Gasteiger partial charge < -0.3 is 19.8 Å². The lowest BCUT2D eigenvalue weighted by Crippen LogP contribution is -2.41. The summed E-state index contributed by atoms with van der Waals surface area (Å²) in [6, 6.07) is 1.84. The Hall–Kier alpha value is -1.37. The second-order valence-corrected chi connectivity index (χ2v) is 6.11. The van der Waals surface area contributed by atoms with Crippen LogP contribution in [0.4, 0.5) is 0 Å². The van der Waals surface area contributed by atoms with Crippen LogP contribution in [-0.4, -0.2) is 30.4 Å². The molecule has 0 saturated carbocycles. The Labute approximate surface area is 126 Å². The Morgan fingerprint density at radius 2 is 1.90 bits per heavy atom. The number of pyridine rings is 1. The summed E-state index contributed by atoms with van der Waals surface area (Å²) < 4.78 is 17.2. The molecule has 1 aliphatic heterocycles. The van der Waals surface area contributed by atoms with E-state index >= 15 is 0 Å². The molecule has 0 aliphatic carbocycles. The standard InChI is InChI=1S/C15H23BN2O3/c1-14(2)15(3,4)21-16(20-14)7-6-11-10-18-12(9-17)8-13(11)19-5/h6-8,10H,9,17H2,1-5H3/b7-6+. The molecular formula is C15H23BN2O3. The molecule has 21 heavy (non-hydrogen) atoms. The van der Waals surface area contributed by atoms with Crippen LogP contribution in [0.15, 0.2) is 18.2 Å². The second-order valence-electron chi connectivity index (χ2n) is 6.11. The third-order valence-corrected chi connectivity index (χ3v) is 4.09. The smallest absolute Gasteiger partial charge is 0.487 e. The second kappa shape index (κ2) is 5.79. The number of hydrogen-bond donors (Lipinski definition) is 1. The van der Waals surface area contributed by atoms with Crippen molar-refractivity contribution in [3.05, 3.63) is 29.5 Å². The van der Waals surface area contributed by atoms with Crippen LogP contribution in [0.5, 0.6) is 5.75 Å². The highest BCUT2D eigenvalue weighted by molar-refractivity contribution is 6.52. The van der Waals surface area contributed by atoms with E-state index in [9.17, 15) is 0 Å². The minimum absolute atomic E-state index is 0.340. The first-order chi connectivity index (χ1) is 9.79. The van der Waals surface area contributed by atoms with Crippen molar-refractivity contribution >= 4 is 13.2 Å². The number of ether oxygens (including phenoxy) is 1. The summed E-state index contributed by atoms with van der Waals surface area (Å²) in [4.78, 5) is 4.27. The van der Waals surface area contributed by atoms with Crippen LogP contribution in [0.2, 0.25) is 0 Å². The van der Waals surface area contributed by atoms with Crippen molar-refractivity contribution < 1.29 is 14.0 Å². The normalized spacial score (nSPS) is 20.2. The lowest BCUT2D eigenvalue weighted by Gasteiger charge is -2.32. The first-order valence-electron chi connectivity index (χ1n) is 7.06. The molecule has 114 valence electrons. The van der Waals surface area contributed by atoms with Crippen molar-refractivity contribution in [1.82, 2.24) is 4.98 Å². The highest BCUT2D eigenvalue weighted by Crippen LogP contribution is 2.37. The average molecular weight is 290 g/mol. The van der Waals surface area contributed by atoms with Crippen LogP contribution in [0.1, 0.15) is 39.0 Å². The fourth-order valence-corrected chi connectivity index (χ4v) is 2.05. The molecule has 5 nitrogen and oxygen atoms in total. The van der Waals surface area contributed by atoms with Crippen LogP contribution in [0, 0.1) is 0 Å². The quantitative estimate of drug-likeness (QED) is 0.861. The monoisotopic (exact) mass is 290 g/mol. The zero-order valence-corrected chi connectivity index (χ0v) is 13.3. The fraction of sp³-hybridized carbons (Fsp3) is 0.533. The van der Waals surface area contributed by atoms with E-state index in [2.05, 4.69) is 4.98 Å². The van der Waals surface area contributed by atoms with Gasteiger partial charge in [-0.25, -0.2) is 0 Å². The van der Waals surface area contributed by atoms with E-state index in [-0.39, 0.29) is 18.3 Å². The molecule has 2 N–H and O–H groups in total. The third kappa shape index (κ3) is 3.28. The van der Waals surface area contributed by atoms with Gasteiger partial charge >= 0.3 is 7.12 Å². The van der Waals surface area contributed by atoms with Crippen LogP contribution in [-0.2, 0) is 15.9 Å². The number of hydrogen-bond acceptors (Lipinski definition) is 5. The van der Waals surface area contributed by atoms with Crippen molar-refractivity contribution in [2.75, 3.05) is 7.11 Å². The Kier molecular flexibility index (Phi) is 4.42. The molecule has 6 heteroatoms. The maximum Gasteiger partial charge on any atom is 0.487 e. The molecule has 0 spiro atoms. The van der Waals surface area contributed by atoms with Crippen LogP contribution >= 0.6 is 0 Å². The SMILES string of the molecule is COc1cc(CN)ncc1/C=C/B1OC(C)(C)C(C)(C)O1. The van der Waals surface area contributed by atoms with Crippen LogP contribution < -0.4 is 10.5 Å². The van der Waals surface area contributed by atoms with Gasteiger partial charge in [0.15, 0.2) is 0 Å². The first-order valence-corrected chi connectivity index (χ1v) is 7.06. The van der Waals surface area contributed by atoms with Gasteiger partial charge in [0.1, 0.15) is 5.75 Å². The van der Waals surface area contributed by atoms with Crippen molar-refractivity contribution in [1.29, 1.82) is 0 Å². The Morgan fingerprint density at radius 1 is 1.29 bits per heavy atom. The average Bonchev–Trinajstić information content (AvgIpc) is 2.64. The highest BCUT2D eigenvalue weighted by atomic mass is 16.7. The van der Waals surface area contributed by atoms with E-state index in [1.54, 1.807) is 13.3 Å². The van der Waals surface area contributed by atoms with E-state index < -0.39 is 0 Å². The summed E-state index contributed by atoms with van der Waals surface area (Å²) in [6.45, 7) is 8.49. The summed E-state index contributed by atoms with van der Waals surface area (Å²) in [5, 5.41) is 0. The van der Waals surface area contributed by atoms with Gasteiger partial charge in [0.2, 0.25) is 0 Å². The van der Waals surface area contributed by atoms with Crippen molar-refractivity contribution in [2.24, 2.45) is 5.73 Å². The van der Waals surface area contributed by atoms with Crippen molar-refractivity contribution in [2.45, 2.75) is 45.4 Å². The summed E-state index contributed by atoms with van der Waals surface area (Å²) in [5.41, 5.74) is 6.56. The van der Waals surface area contributed by atoms with E-state index in [0.29, 0.717) is 6.54 Å². The van der Waals surface area contributed by atoms with Gasteiger partial charge in [-0.2, -0.15) is 0 Å². The molecule has 0 atom stereocenters. The number of rotatable bonds is 4. The molecular weight excluding hydrogens is 267 g/mol. The molecule has 0 radical (unpaired) electrons. The molecule has 1 aliphatic rings. The Morgan fingerprint density at radius 3 is 2.43 bits per heavy atom. The van der Waals surface area contributed by atoms with E-state index in [1.165, 1.54) is 0 Å². The summed E-state index contributed by atoms with van der Waals surface area (Å²) in [5.74, 6) is 2.61. The molecule has 0 bridgehead atoms. The maximum atomic E-state index is 5.91. The highest BCUT2D eigenvalue weighted by Gasteiger charge is 2.50. The summed E-state index contributed by atoms with van der Waals surface area (Å²) in [6.07, 6.45) is 3.64. The zero-order valence-electron chi connectivity index (χ0n) is 13.3. The molecule has 1 aromatic heterocycles. The Balaban J connectivity index is 2.16. The van der Waals surface area contributed by atoms with E-state index in [1.807, 2.05) is 45.8 Å². The number of methoxy groups -OCH3 is 1. The van der Waals surface area contributed by atoms with Crippen LogP contribution in [0.25, 0.3) is 6.08 Å². The first kappa shape index (κ1) is 16.0. The van der Waals surface area contributed by atoms with Crippen LogP contribution in [0.3, 0.4) is 0 Å². The minimum atomic E-state index is -0.381. The van der Waals surface area contributed by atoms with Gasteiger partial charge in [-0.05, 0) is 27.7 Å². The van der Waals surface area contributed by atoms with E-state index in [4.69, 9.17) is 19.8 Å². The van der Waals surface area contributed by atoms with Crippen molar-refractivity contribution in [3.63, 3.8) is 0 Å². The topological polar surface area (TPSA) is 66.6 Å². The summed E-state index contributed by atoms with van der Waals surface area (Å²) >= 11 is 0. The predicted molar refractivity (Wildman–Crippen MR) is 83.8 cm³/mol. The van der Waals surface area contributed by atoms with Gasteiger partial charge in [0, 0.05) is 24.4 Å². The molecule has 2 rings (SSSR count). The maximum absolute atomic E-state index is 5.91. The molecule has 1 fully saturated rings. The molecule has 0 amide bonds. The largest absolute Gasteiger partial charge is 0.496 e. The van der Waals surface area contributed by atoms with Crippen molar-refractivity contribution in [3.8, 4) is 5.75 Å². The minimum Gasteiger partial charge on any atom is -0.496 e. The molecule has 0 unspecified atom stereocenters. The fourth-order valence-electron chi connectivity index (χ4n) is 2.05.